The largest absolute Gasteiger partial charge is 0.395 e. The molecule has 1 aliphatic rings. The normalized spacial score (nSPS) is 16.1. The predicted octanol–water partition coefficient (Wildman–Crippen LogP) is 2.79. The lowest BCUT2D eigenvalue weighted by Crippen LogP contribution is -2.48. The van der Waals surface area contributed by atoms with E-state index in [1.807, 2.05) is 36.1 Å². The second-order valence-electron chi connectivity index (χ2n) is 6.20. The molecule has 0 spiro atoms. The summed E-state index contributed by atoms with van der Waals surface area (Å²) in [6, 6.07) is 7.86. The highest BCUT2D eigenvalue weighted by atomic mass is 35.6. The van der Waals surface area contributed by atoms with Crippen LogP contribution in [0.1, 0.15) is 11.4 Å². The monoisotopic (exact) mass is 415 g/mol. The molecule has 0 bridgehead atoms. The number of anilines is 1. The molecule has 2 aromatic rings. The Bertz CT molecular complexity index is 743. The Kier molecular flexibility index (Phi) is 6.20. The van der Waals surface area contributed by atoms with Crippen LogP contribution in [0.25, 0.3) is 11.4 Å². The molecule has 26 heavy (non-hydrogen) atoms. The van der Waals surface area contributed by atoms with Gasteiger partial charge in [-0.3, -0.25) is 4.90 Å². The Morgan fingerprint density at radius 2 is 1.65 bits per heavy atom. The van der Waals surface area contributed by atoms with Crippen LogP contribution in [0.4, 0.5) is 5.95 Å². The van der Waals surface area contributed by atoms with Gasteiger partial charge in [0.15, 0.2) is 11.6 Å². The summed E-state index contributed by atoms with van der Waals surface area (Å²) in [5, 5.41) is 9.08. The zero-order valence-corrected chi connectivity index (χ0v) is 16.6. The fraction of sp³-hybridized carbons (Fsp3) is 0.471. The second kappa shape index (κ2) is 8.23. The Hall–Kier alpha value is -1.18. The minimum Gasteiger partial charge on any atom is -0.395 e. The third-order valence-corrected chi connectivity index (χ3v) is 4.77. The lowest BCUT2D eigenvalue weighted by molar-refractivity contribution is 0.188. The first-order valence-electron chi connectivity index (χ1n) is 8.35. The Balaban J connectivity index is 1.92. The van der Waals surface area contributed by atoms with Crippen molar-refractivity contribution in [3.63, 3.8) is 0 Å². The smallest absolute Gasteiger partial charge is 0.250 e. The molecular formula is C17H20Cl3N5O. The highest BCUT2D eigenvalue weighted by Crippen LogP contribution is 2.37. The number of aromatic nitrogens is 3. The van der Waals surface area contributed by atoms with Crippen molar-refractivity contribution in [1.29, 1.82) is 0 Å². The predicted molar refractivity (Wildman–Crippen MR) is 105 cm³/mol. The van der Waals surface area contributed by atoms with Crippen molar-refractivity contribution in [2.75, 3.05) is 44.2 Å². The van der Waals surface area contributed by atoms with Crippen LogP contribution in [-0.2, 0) is 3.79 Å². The van der Waals surface area contributed by atoms with Gasteiger partial charge in [0.25, 0.3) is 0 Å². The van der Waals surface area contributed by atoms with Crippen LogP contribution in [0.2, 0.25) is 0 Å². The zero-order chi connectivity index (χ0) is 18.7. The third kappa shape index (κ3) is 4.75. The fourth-order valence-corrected chi connectivity index (χ4v) is 3.03. The van der Waals surface area contributed by atoms with Crippen LogP contribution in [0.15, 0.2) is 24.3 Å². The minimum atomic E-state index is -1.73. The number of hydrogen-bond donors (Lipinski definition) is 1. The molecule has 1 aromatic carbocycles. The number of aryl methyl sites for hydroxylation is 1. The first kappa shape index (κ1) is 19.6. The van der Waals surface area contributed by atoms with Gasteiger partial charge in [-0.05, 0) is 6.92 Å². The van der Waals surface area contributed by atoms with Crippen LogP contribution in [0.5, 0.6) is 0 Å². The molecule has 1 fully saturated rings. The van der Waals surface area contributed by atoms with Gasteiger partial charge in [0.05, 0.1) is 6.61 Å². The number of halogens is 3. The van der Waals surface area contributed by atoms with E-state index in [2.05, 4.69) is 19.9 Å². The van der Waals surface area contributed by atoms with Crippen molar-refractivity contribution >= 4 is 40.8 Å². The van der Waals surface area contributed by atoms with Crippen molar-refractivity contribution in [3.8, 4) is 11.4 Å². The molecule has 0 unspecified atom stereocenters. The maximum Gasteiger partial charge on any atom is 0.250 e. The minimum absolute atomic E-state index is 0.112. The highest BCUT2D eigenvalue weighted by Gasteiger charge is 2.30. The van der Waals surface area contributed by atoms with Crippen LogP contribution < -0.4 is 4.90 Å². The molecule has 2 heterocycles. The summed E-state index contributed by atoms with van der Waals surface area (Å²) in [5.41, 5.74) is 1.98. The molecule has 1 saturated heterocycles. The van der Waals surface area contributed by atoms with Crippen molar-refractivity contribution < 1.29 is 5.11 Å². The molecule has 0 saturated carbocycles. The van der Waals surface area contributed by atoms with Gasteiger partial charge >= 0.3 is 0 Å². The molecule has 6 nitrogen and oxygen atoms in total. The Labute approximate surface area is 167 Å². The van der Waals surface area contributed by atoms with Gasteiger partial charge < -0.3 is 10.0 Å². The van der Waals surface area contributed by atoms with Gasteiger partial charge in [-0.15, -0.1) is 0 Å². The SMILES string of the molecule is Cc1ccc(-c2nc(N3CCN(CCO)CC3)nc(C(Cl)(Cl)Cl)n2)cc1. The lowest BCUT2D eigenvalue weighted by Gasteiger charge is -2.34. The number of β-amino-alcohol motifs (C(OH)–C–C–N with tert-alkyl or cyclic N) is 1. The number of rotatable bonds is 4. The molecule has 0 amide bonds. The number of aliphatic hydroxyl groups is 1. The summed E-state index contributed by atoms with van der Waals surface area (Å²) in [7, 11) is 0. The van der Waals surface area contributed by atoms with Crippen molar-refractivity contribution in [2.24, 2.45) is 0 Å². The summed E-state index contributed by atoms with van der Waals surface area (Å²) in [5.74, 6) is 1.09. The van der Waals surface area contributed by atoms with Gasteiger partial charge in [0.2, 0.25) is 9.74 Å². The number of aliphatic hydroxyl groups excluding tert-OH is 1. The lowest BCUT2D eigenvalue weighted by atomic mass is 10.1. The molecule has 1 aliphatic heterocycles. The molecule has 9 heteroatoms. The highest BCUT2D eigenvalue weighted by molar-refractivity contribution is 6.66. The number of alkyl halides is 3. The van der Waals surface area contributed by atoms with Crippen LogP contribution in [0, 0.1) is 6.92 Å². The molecule has 0 radical (unpaired) electrons. The van der Waals surface area contributed by atoms with E-state index in [4.69, 9.17) is 39.9 Å². The van der Waals surface area contributed by atoms with E-state index < -0.39 is 3.79 Å². The van der Waals surface area contributed by atoms with Gasteiger partial charge in [-0.25, -0.2) is 4.98 Å². The topological polar surface area (TPSA) is 65.4 Å². The summed E-state index contributed by atoms with van der Waals surface area (Å²) in [6.45, 7) is 5.93. The molecule has 140 valence electrons. The van der Waals surface area contributed by atoms with Gasteiger partial charge in [0.1, 0.15) is 0 Å². The van der Waals surface area contributed by atoms with Gasteiger partial charge in [-0.2, -0.15) is 9.97 Å². The summed E-state index contributed by atoms with van der Waals surface area (Å²) >= 11 is 18.1. The van der Waals surface area contributed by atoms with E-state index >= 15 is 0 Å². The number of nitrogens with zero attached hydrogens (tertiary/aromatic N) is 5. The van der Waals surface area contributed by atoms with Crippen LogP contribution >= 0.6 is 34.8 Å². The standard InChI is InChI=1S/C17H20Cl3N5O/c1-12-2-4-13(5-3-12)14-21-15(17(18,19)20)23-16(22-14)25-8-6-24(7-9-25)10-11-26/h2-5,26H,6-11H2,1H3. The van der Waals surface area contributed by atoms with E-state index in [1.165, 1.54) is 0 Å². The molecule has 3 rings (SSSR count). The maximum absolute atomic E-state index is 9.08. The summed E-state index contributed by atoms with van der Waals surface area (Å²) < 4.78 is -1.73. The van der Waals surface area contributed by atoms with E-state index in [9.17, 15) is 0 Å². The van der Waals surface area contributed by atoms with Crippen LogP contribution in [-0.4, -0.2) is 64.3 Å². The number of benzene rings is 1. The zero-order valence-electron chi connectivity index (χ0n) is 14.4. The average molecular weight is 417 g/mol. The van der Waals surface area contributed by atoms with E-state index in [-0.39, 0.29) is 12.4 Å². The molecule has 1 N–H and O–H groups in total. The average Bonchev–Trinajstić information content (AvgIpc) is 2.62. The van der Waals surface area contributed by atoms with Crippen molar-refractivity contribution in [1.82, 2.24) is 19.9 Å². The maximum atomic E-state index is 9.08. The van der Waals surface area contributed by atoms with Gasteiger partial charge in [-0.1, -0.05) is 64.6 Å². The van der Waals surface area contributed by atoms with E-state index in [0.29, 0.717) is 18.3 Å². The Morgan fingerprint density at radius 3 is 2.23 bits per heavy atom. The van der Waals surface area contributed by atoms with Gasteiger partial charge in [0, 0.05) is 38.3 Å². The third-order valence-electron chi connectivity index (χ3n) is 4.26. The second-order valence-corrected chi connectivity index (χ2v) is 8.48. The Morgan fingerprint density at radius 1 is 1.00 bits per heavy atom. The molecule has 1 aromatic heterocycles. The van der Waals surface area contributed by atoms with E-state index in [0.717, 1.165) is 37.3 Å². The quantitative estimate of drug-likeness (QED) is 0.773. The molecule has 0 atom stereocenters. The molecule has 0 aliphatic carbocycles. The summed E-state index contributed by atoms with van der Waals surface area (Å²) in [6.07, 6.45) is 0. The molecular weight excluding hydrogens is 397 g/mol. The summed E-state index contributed by atoms with van der Waals surface area (Å²) in [4.78, 5) is 17.6. The van der Waals surface area contributed by atoms with Crippen molar-refractivity contribution in [2.45, 2.75) is 10.7 Å². The fourth-order valence-electron chi connectivity index (χ4n) is 2.78. The van der Waals surface area contributed by atoms with Crippen LogP contribution in [0.3, 0.4) is 0 Å². The number of hydrogen-bond acceptors (Lipinski definition) is 6. The first-order chi connectivity index (χ1) is 12.4. The number of piperazine rings is 1. The van der Waals surface area contributed by atoms with E-state index in [1.54, 1.807) is 0 Å². The first-order valence-corrected chi connectivity index (χ1v) is 9.48. The van der Waals surface area contributed by atoms with Crippen molar-refractivity contribution in [3.05, 3.63) is 35.7 Å².